The second kappa shape index (κ2) is 4.49. The lowest BCUT2D eigenvalue weighted by Crippen LogP contribution is -1.84. The summed E-state index contributed by atoms with van der Waals surface area (Å²) in [5.74, 6) is 0.0316. The number of hydrogen-bond donors (Lipinski definition) is 1. The molecule has 0 aliphatic rings. The lowest BCUT2D eigenvalue weighted by atomic mass is 10.2. The average molecular weight is 257 g/mol. The van der Waals surface area contributed by atoms with Crippen LogP contribution in [0.2, 0.25) is 0 Å². The van der Waals surface area contributed by atoms with Crippen molar-refractivity contribution in [2.75, 3.05) is 0 Å². The molecule has 19 heavy (non-hydrogen) atoms. The number of aromatic nitrogens is 3. The van der Waals surface area contributed by atoms with Gasteiger partial charge in [-0.15, -0.1) is 0 Å². The van der Waals surface area contributed by atoms with Crippen LogP contribution in [0.1, 0.15) is 0 Å². The van der Waals surface area contributed by atoms with Crippen LogP contribution in [-0.4, -0.2) is 20.2 Å². The van der Waals surface area contributed by atoms with Crippen LogP contribution in [0, 0.1) is 5.82 Å². The van der Waals surface area contributed by atoms with Gasteiger partial charge in [-0.1, -0.05) is 5.16 Å². The number of pyridine rings is 1. The molecule has 0 bridgehead atoms. The molecule has 2 heterocycles. The van der Waals surface area contributed by atoms with Crippen molar-refractivity contribution in [2.24, 2.45) is 0 Å². The van der Waals surface area contributed by atoms with Crippen molar-refractivity contribution in [3.05, 3.63) is 48.4 Å². The molecule has 6 heteroatoms. The van der Waals surface area contributed by atoms with Crippen molar-refractivity contribution in [1.82, 2.24) is 15.1 Å². The molecular formula is C13H8FN3O2. The number of nitrogens with zero attached hydrogens (tertiary/aromatic N) is 3. The fourth-order valence-electron chi connectivity index (χ4n) is 1.60. The van der Waals surface area contributed by atoms with E-state index < -0.39 is 0 Å². The first-order valence-electron chi connectivity index (χ1n) is 5.48. The van der Waals surface area contributed by atoms with Crippen LogP contribution in [0.5, 0.6) is 5.75 Å². The highest BCUT2D eigenvalue weighted by Gasteiger charge is 2.14. The lowest BCUT2D eigenvalue weighted by Gasteiger charge is -1.95. The van der Waals surface area contributed by atoms with E-state index in [0.29, 0.717) is 11.4 Å². The molecule has 3 rings (SSSR count). The molecule has 0 aliphatic carbocycles. The van der Waals surface area contributed by atoms with Crippen LogP contribution in [0.3, 0.4) is 0 Å². The highest BCUT2D eigenvalue weighted by atomic mass is 19.1. The Labute approximate surface area is 107 Å². The molecule has 0 aliphatic heterocycles. The number of halogens is 1. The lowest BCUT2D eigenvalue weighted by molar-refractivity contribution is 0.423. The Balaban J connectivity index is 2.00. The van der Waals surface area contributed by atoms with Crippen LogP contribution in [-0.2, 0) is 0 Å². The highest BCUT2D eigenvalue weighted by Crippen LogP contribution is 2.26. The largest absolute Gasteiger partial charge is 0.505 e. The Kier molecular flexibility index (Phi) is 2.68. The van der Waals surface area contributed by atoms with Crippen LogP contribution < -0.4 is 0 Å². The third kappa shape index (κ3) is 2.15. The zero-order valence-corrected chi connectivity index (χ0v) is 9.62. The summed E-state index contributed by atoms with van der Waals surface area (Å²) in [6.45, 7) is 0. The second-order valence-electron chi connectivity index (χ2n) is 3.80. The van der Waals surface area contributed by atoms with Gasteiger partial charge >= 0.3 is 0 Å². The molecular weight excluding hydrogens is 249 g/mol. The van der Waals surface area contributed by atoms with Gasteiger partial charge in [0.1, 0.15) is 11.6 Å². The SMILES string of the molecule is Oc1cccnc1-c1nc(-c2ccc(F)cc2)no1. The molecule has 0 saturated heterocycles. The predicted octanol–water partition coefficient (Wildman–Crippen LogP) is 2.64. The Morgan fingerprint density at radius 1 is 1.11 bits per heavy atom. The summed E-state index contributed by atoms with van der Waals surface area (Å²) < 4.78 is 17.9. The first kappa shape index (κ1) is 11.3. The molecule has 1 aromatic carbocycles. The van der Waals surface area contributed by atoms with E-state index in [2.05, 4.69) is 15.1 Å². The Hall–Kier alpha value is -2.76. The van der Waals surface area contributed by atoms with Crippen molar-refractivity contribution in [1.29, 1.82) is 0 Å². The minimum Gasteiger partial charge on any atom is -0.505 e. The number of aromatic hydroxyl groups is 1. The van der Waals surface area contributed by atoms with Gasteiger partial charge in [0, 0.05) is 11.8 Å². The second-order valence-corrected chi connectivity index (χ2v) is 3.80. The molecule has 2 aromatic heterocycles. The summed E-state index contributed by atoms with van der Waals surface area (Å²) in [5, 5.41) is 13.4. The maximum absolute atomic E-state index is 12.8. The van der Waals surface area contributed by atoms with E-state index in [1.54, 1.807) is 18.2 Å². The summed E-state index contributed by atoms with van der Waals surface area (Å²) in [6.07, 6.45) is 1.51. The van der Waals surface area contributed by atoms with Crippen molar-refractivity contribution < 1.29 is 14.0 Å². The van der Waals surface area contributed by atoms with E-state index in [4.69, 9.17) is 4.52 Å². The number of hydrogen-bond acceptors (Lipinski definition) is 5. The van der Waals surface area contributed by atoms with Crippen molar-refractivity contribution in [3.63, 3.8) is 0 Å². The van der Waals surface area contributed by atoms with E-state index >= 15 is 0 Å². The van der Waals surface area contributed by atoms with Gasteiger partial charge in [0.15, 0.2) is 5.69 Å². The fourth-order valence-corrected chi connectivity index (χ4v) is 1.60. The monoisotopic (exact) mass is 257 g/mol. The summed E-state index contributed by atoms with van der Waals surface area (Å²) in [4.78, 5) is 8.08. The van der Waals surface area contributed by atoms with E-state index in [1.807, 2.05) is 0 Å². The molecule has 0 saturated carbocycles. The van der Waals surface area contributed by atoms with Crippen molar-refractivity contribution >= 4 is 0 Å². The predicted molar refractivity (Wildman–Crippen MR) is 64.6 cm³/mol. The third-order valence-corrected chi connectivity index (χ3v) is 2.52. The average Bonchev–Trinajstić information content (AvgIpc) is 2.89. The van der Waals surface area contributed by atoms with Crippen LogP contribution in [0.25, 0.3) is 23.0 Å². The topological polar surface area (TPSA) is 72.0 Å². The minimum absolute atomic E-state index is 0.0446. The molecule has 5 nitrogen and oxygen atoms in total. The highest BCUT2D eigenvalue weighted by molar-refractivity contribution is 5.60. The first-order valence-corrected chi connectivity index (χ1v) is 5.48. The standard InChI is InChI=1S/C13H8FN3O2/c14-9-5-3-8(4-6-9)12-16-13(19-17-12)11-10(18)2-1-7-15-11/h1-7,18H. The van der Waals surface area contributed by atoms with Gasteiger partial charge in [0.05, 0.1) is 0 Å². The maximum Gasteiger partial charge on any atom is 0.280 e. The van der Waals surface area contributed by atoms with Gasteiger partial charge < -0.3 is 9.63 Å². The molecule has 0 amide bonds. The fraction of sp³-hybridized carbons (Fsp3) is 0. The third-order valence-electron chi connectivity index (χ3n) is 2.52. The Morgan fingerprint density at radius 3 is 2.63 bits per heavy atom. The molecule has 0 radical (unpaired) electrons. The van der Waals surface area contributed by atoms with E-state index in [9.17, 15) is 9.50 Å². The molecule has 0 spiro atoms. The van der Waals surface area contributed by atoms with Crippen molar-refractivity contribution in [2.45, 2.75) is 0 Å². The van der Waals surface area contributed by atoms with Gasteiger partial charge in [0.2, 0.25) is 5.82 Å². The summed E-state index contributed by atoms with van der Waals surface area (Å²) in [5.41, 5.74) is 0.829. The number of benzene rings is 1. The minimum atomic E-state index is -0.338. The van der Waals surface area contributed by atoms with Crippen molar-refractivity contribution in [3.8, 4) is 28.7 Å². The molecule has 0 atom stereocenters. The van der Waals surface area contributed by atoms with E-state index in [1.165, 1.54) is 24.4 Å². The first-order chi connectivity index (χ1) is 9.24. The molecule has 94 valence electrons. The summed E-state index contributed by atoms with van der Waals surface area (Å²) >= 11 is 0. The summed E-state index contributed by atoms with van der Waals surface area (Å²) in [7, 11) is 0. The van der Waals surface area contributed by atoms with Crippen LogP contribution >= 0.6 is 0 Å². The van der Waals surface area contributed by atoms with E-state index in [-0.39, 0.29) is 23.2 Å². The Bertz CT molecular complexity index is 710. The normalized spacial score (nSPS) is 10.6. The molecule has 3 aromatic rings. The van der Waals surface area contributed by atoms with Gasteiger partial charge in [-0.05, 0) is 36.4 Å². The number of rotatable bonds is 2. The van der Waals surface area contributed by atoms with Crippen LogP contribution in [0.4, 0.5) is 4.39 Å². The quantitative estimate of drug-likeness (QED) is 0.764. The van der Waals surface area contributed by atoms with Gasteiger partial charge in [-0.25, -0.2) is 9.37 Å². The van der Waals surface area contributed by atoms with Gasteiger partial charge in [-0.3, -0.25) is 0 Å². The summed E-state index contributed by atoms with van der Waals surface area (Å²) in [6, 6.07) is 8.78. The Morgan fingerprint density at radius 2 is 1.89 bits per heavy atom. The van der Waals surface area contributed by atoms with Crippen LogP contribution in [0.15, 0.2) is 47.1 Å². The zero-order chi connectivity index (χ0) is 13.2. The van der Waals surface area contributed by atoms with E-state index in [0.717, 1.165) is 0 Å². The molecule has 0 fully saturated rings. The molecule has 0 unspecified atom stereocenters. The maximum atomic E-state index is 12.8. The zero-order valence-electron chi connectivity index (χ0n) is 9.62. The van der Waals surface area contributed by atoms with Gasteiger partial charge in [-0.2, -0.15) is 4.98 Å². The smallest absolute Gasteiger partial charge is 0.280 e. The van der Waals surface area contributed by atoms with Gasteiger partial charge in [0.25, 0.3) is 5.89 Å². The molecule has 1 N–H and O–H groups in total.